The number of rotatable bonds is 2. The van der Waals surface area contributed by atoms with Gasteiger partial charge in [0.2, 0.25) is 5.91 Å². The fraction of sp³-hybridized carbons (Fsp3) is 0.611. The Balaban J connectivity index is 1.72. The van der Waals surface area contributed by atoms with Crippen molar-refractivity contribution in [3.63, 3.8) is 0 Å². The molecule has 1 amide bonds. The van der Waals surface area contributed by atoms with Crippen molar-refractivity contribution < 1.29 is 4.79 Å². The van der Waals surface area contributed by atoms with Gasteiger partial charge in [0.15, 0.2) is 0 Å². The molecule has 0 aromatic carbocycles. The highest BCUT2D eigenvalue weighted by Crippen LogP contribution is 2.39. The zero-order valence-corrected chi connectivity index (χ0v) is 16.0. The number of thiophene rings is 1. The summed E-state index contributed by atoms with van der Waals surface area (Å²) in [6.07, 6.45) is 1.08. The fourth-order valence-electron chi connectivity index (χ4n) is 3.86. The molecule has 0 radical (unpaired) electrons. The van der Waals surface area contributed by atoms with Crippen molar-refractivity contribution in [2.75, 3.05) is 44.2 Å². The van der Waals surface area contributed by atoms with E-state index in [-0.39, 0.29) is 5.91 Å². The number of nitrogens with zero attached hydrogens (tertiary/aromatic N) is 5. The standard InChI is InChI=1S/C18H25N5OS/c1-4-21-6-5-14-15(11-21)25-18-16(14)17(19-12(2)20-18)23-9-7-22(8-10-23)13(3)24/h4-11H2,1-3H3. The normalized spacial score (nSPS) is 18.7. The number of hydrogen-bond acceptors (Lipinski definition) is 6. The second kappa shape index (κ2) is 6.53. The van der Waals surface area contributed by atoms with Gasteiger partial charge in [-0.15, -0.1) is 11.3 Å². The molecule has 1 fully saturated rings. The average molecular weight is 359 g/mol. The highest BCUT2D eigenvalue weighted by molar-refractivity contribution is 7.19. The van der Waals surface area contributed by atoms with Crippen LogP contribution in [0.4, 0.5) is 5.82 Å². The Hall–Kier alpha value is -1.73. The molecule has 134 valence electrons. The maximum Gasteiger partial charge on any atom is 0.219 e. The van der Waals surface area contributed by atoms with Crippen LogP contribution in [0.15, 0.2) is 0 Å². The SMILES string of the molecule is CCN1CCc2c(sc3nc(C)nc(N4CCN(C(C)=O)CC4)c23)C1. The Labute approximate surface area is 152 Å². The second-order valence-corrected chi connectivity index (χ2v) is 7.97. The van der Waals surface area contributed by atoms with Gasteiger partial charge in [0.05, 0.1) is 5.39 Å². The number of piperazine rings is 1. The molecule has 0 atom stereocenters. The molecule has 0 saturated carbocycles. The van der Waals surface area contributed by atoms with Crippen LogP contribution in [0.25, 0.3) is 10.2 Å². The molecule has 2 aromatic heterocycles. The lowest BCUT2D eigenvalue weighted by Gasteiger charge is -2.35. The van der Waals surface area contributed by atoms with E-state index in [4.69, 9.17) is 9.97 Å². The lowest BCUT2D eigenvalue weighted by Crippen LogP contribution is -2.48. The molecule has 0 bridgehead atoms. The first-order chi connectivity index (χ1) is 12.1. The molecule has 0 aliphatic carbocycles. The van der Waals surface area contributed by atoms with Crippen LogP contribution in [0.5, 0.6) is 0 Å². The van der Waals surface area contributed by atoms with Crippen LogP contribution in [-0.2, 0) is 17.8 Å². The van der Waals surface area contributed by atoms with E-state index in [9.17, 15) is 4.79 Å². The van der Waals surface area contributed by atoms with Gasteiger partial charge in [-0.3, -0.25) is 9.69 Å². The summed E-state index contributed by atoms with van der Waals surface area (Å²) < 4.78 is 0. The molecule has 0 unspecified atom stereocenters. The number of likely N-dealkylation sites (N-methyl/N-ethyl adjacent to an activating group) is 1. The van der Waals surface area contributed by atoms with Crippen LogP contribution in [-0.4, -0.2) is 64.9 Å². The Morgan fingerprint density at radius 3 is 2.60 bits per heavy atom. The fourth-order valence-corrected chi connectivity index (χ4v) is 5.17. The summed E-state index contributed by atoms with van der Waals surface area (Å²) >= 11 is 1.83. The number of anilines is 1. The first-order valence-corrected chi connectivity index (χ1v) is 9.90. The number of carbonyl (C=O) groups excluding carboxylic acids is 1. The van der Waals surface area contributed by atoms with E-state index in [2.05, 4.69) is 16.7 Å². The number of fused-ring (bicyclic) bond motifs is 3. The molecule has 2 aromatic rings. The number of aryl methyl sites for hydroxylation is 1. The van der Waals surface area contributed by atoms with Crippen LogP contribution < -0.4 is 4.90 Å². The van der Waals surface area contributed by atoms with Crippen LogP contribution in [0.1, 0.15) is 30.1 Å². The van der Waals surface area contributed by atoms with E-state index in [1.807, 2.05) is 23.2 Å². The van der Waals surface area contributed by atoms with Crippen LogP contribution in [0.2, 0.25) is 0 Å². The van der Waals surface area contributed by atoms with E-state index >= 15 is 0 Å². The van der Waals surface area contributed by atoms with E-state index in [1.165, 1.54) is 15.8 Å². The first kappa shape index (κ1) is 16.7. The summed E-state index contributed by atoms with van der Waals surface area (Å²) in [5.74, 6) is 2.08. The Bertz CT molecular complexity index is 809. The van der Waals surface area contributed by atoms with Gasteiger partial charge in [-0.05, 0) is 25.5 Å². The van der Waals surface area contributed by atoms with E-state index in [0.717, 1.165) is 68.7 Å². The third kappa shape index (κ3) is 3.00. The van der Waals surface area contributed by atoms with Crippen molar-refractivity contribution in [1.82, 2.24) is 19.8 Å². The number of hydrogen-bond donors (Lipinski definition) is 0. The summed E-state index contributed by atoms with van der Waals surface area (Å²) in [5.41, 5.74) is 1.45. The average Bonchev–Trinajstić information content (AvgIpc) is 2.98. The highest BCUT2D eigenvalue weighted by atomic mass is 32.1. The quantitative estimate of drug-likeness (QED) is 0.821. The predicted octanol–water partition coefficient (Wildman–Crippen LogP) is 2.05. The molecular formula is C18H25N5OS. The summed E-state index contributed by atoms with van der Waals surface area (Å²) in [4.78, 5) is 30.5. The van der Waals surface area contributed by atoms with Crippen LogP contribution >= 0.6 is 11.3 Å². The smallest absolute Gasteiger partial charge is 0.219 e. The molecule has 25 heavy (non-hydrogen) atoms. The zero-order valence-electron chi connectivity index (χ0n) is 15.2. The third-order valence-corrected chi connectivity index (χ3v) is 6.45. The van der Waals surface area contributed by atoms with Gasteiger partial charge in [0, 0.05) is 51.1 Å². The Morgan fingerprint density at radius 1 is 1.16 bits per heavy atom. The van der Waals surface area contributed by atoms with Gasteiger partial charge in [0.25, 0.3) is 0 Å². The van der Waals surface area contributed by atoms with Crippen molar-refractivity contribution in [3.8, 4) is 0 Å². The first-order valence-electron chi connectivity index (χ1n) is 9.08. The number of aromatic nitrogens is 2. The Kier molecular flexibility index (Phi) is 4.37. The summed E-state index contributed by atoms with van der Waals surface area (Å²) in [6.45, 7) is 12.3. The second-order valence-electron chi connectivity index (χ2n) is 6.89. The van der Waals surface area contributed by atoms with Gasteiger partial charge < -0.3 is 9.80 Å². The van der Waals surface area contributed by atoms with Gasteiger partial charge in [0.1, 0.15) is 16.5 Å². The van der Waals surface area contributed by atoms with Crippen molar-refractivity contribution >= 4 is 33.3 Å². The van der Waals surface area contributed by atoms with Gasteiger partial charge >= 0.3 is 0 Å². The topological polar surface area (TPSA) is 52.6 Å². The molecular weight excluding hydrogens is 334 g/mol. The lowest BCUT2D eigenvalue weighted by molar-refractivity contribution is -0.129. The molecule has 6 nitrogen and oxygen atoms in total. The van der Waals surface area contributed by atoms with Crippen LogP contribution in [0, 0.1) is 6.92 Å². The van der Waals surface area contributed by atoms with E-state index in [1.54, 1.807) is 6.92 Å². The van der Waals surface area contributed by atoms with Crippen molar-refractivity contribution in [2.24, 2.45) is 0 Å². The largest absolute Gasteiger partial charge is 0.352 e. The van der Waals surface area contributed by atoms with Crippen LogP contribution in [0.3, 0.4) is 0 Å². The molecule has 2 aliphatic heterocycles. The molecule has 1 saturated heterocycles. The molecule has 7 heteroatoms. The van der Waals surface area contributed by atoms with Gasteiger partial charge in [-0.25, -0.2) is 9.97 Å². The third-order valence-electron chi connectivity index (χ3n) is 5.34. The summed E-state index contributed by atoms with van der Waals surface area (Å²) in [5, 5.41) is 1.26. The summed E-state index contributed by atoms with van der Waals surface area (Å²) in [7, 11) is 0. The minimum atomic E-state index is 0.163. The van der Waals surface area contributed by atoms with Crippen molar-refractivity contribution in [1.29, 1.82) is 0 Å². The number of carbonyl (C=O) groups is 1. The monoisotopic (exact) mass is 359 g/mol. The predicted molar refractivity (Wildman–Crippen MR) is 101 cm³/mol. The zero-order chi connectivity index (χ0) is 17.6. The molecule has 2 aliphatic rings. The minimum absolute atomic E-state index is 0.163. The maximum absolute atomic E-state index is 11.6. The number of amides is 1. The van der Waals surface area contributed by atoms with Gasteiger partial charge in [-0.1, -0.05) is 6.92 Å². The highest BCUT2D eigenvalue weighted by Gasteiger charge is 2.27. The van der Waals surface area contributed by atoms with Gasteiger partial charge in [-0.2, -0.15) is 0 Å². The minimum Gasteiger partial charge on any atom is -0.352 e. The van der Waals surface area contributed by atoms with Crippen molar-refractivity contribution in [2.45, 2.75) is 33.7 Å². The van der Waals surface area contributed by atoms with E-state index < -0.39 is 0 Å². The molecule has 0 N–H and O–H groups in total. The molecule has 4 heterocycles. The lowest BCUT2D eigenvalue weighted by atomic mass is 10.0. The maximum atomic E-state index is 11.6. The van der Waals surface area contributed by atoms with E-state index in [0.29, 0.717) is 0 Å². The molecule has 0 spiro atoms. The molecule has 4 rings (SSSR count). The summed E-state index contributed by atoms with van der Waals surface area (Å²) in [6, 6.07) is 0. The van der Waals surface area contributed by atoms with Crippen molar-refractivity contribution in [3.05, 3.63) is 16.3 Å². The Morgan fingerprint density at radius 2 is 1.92 bits per heavy atom.